The first kappa shape index (κ1) is 17.0. The van der Waals surface area contributed by atoms with Gasteiger partial charge in [-0.2, -0.15) is 5.10 Å². The van der Waals surface area contributed by atoms with Gasteiger partial charge in [-0.05, 0) is 50.3 Å². The van der Waals surface area contributed by atoms with E-state index in [1.807, 2.05) is 35.0 Å². The van der Waals surface area contributed by atoms with Crippen LogP contribution >= 0.6 is 15.9 Å². The summed E-state index contributed by atoms with van der Waals surface area (Å²) in [5, 5.41) is 7.31. The van der Waals surface area contributed by atoms with Crippen LogP contribution in [0.5, 0.6) is 5.75 Å². The quantitative estimate of drug-likeness (QED) is 0.677. The average Bonchev–Trinajstić information content (AvgIpc) is 3.31. The third kappa shape index (κ3) is 4.60. The SMILES string of the molecule is CC(C1CC1)n1nccc1NC(=O)CCCOc1cccc(Br)c1. The molecule has 1 aromatic carbocycles. The fraction of sp³-hybridized carbons (Fsp3) is 0.444. The van der Waals surface area contributed by atoms with Crippen LogP contribution in [0.15, 0.2) is 41.0 Å². The first-order valence-corrected chi connectivity index (χ1v) is 9.14. The number of aromatic nitrogens is 2. The molecule has 1 saturated carbocycles. The maximum atomic E-state index is 12.1. The van der Waals surface area contributed by atoms with Gasteiger partial charge in [0.25, 0.3) is 0 Å². The van der Waals surface area contributed by atoms with Crippen molar-refractivity contribution >= 4 is 27.7 Å². The number of ether oxygens (including phenoxy) is 1. The molecule has 1 atom stereocenters. The van der Waals surface area contributed by atoms with E-state index >= 15 is 0 Å². The van der Waals surface area contributed by atoms with E-state index in [9.17, 15) is 4.79 Å². The van der Waals surface area contributed by atoms with Gasteiger partial charge in [-0.3, -0.25) is 4.79 Å². The average molecular weight is 392 g/mol. The van der Waals surface area contributed by atoms with Gasteiger partial charge < -0.3 is 10.1 Å². The zero-order valence-corrected chi connectivity index (χ0v) is 15.3. The van der Waals surface area contributed by atoms with E-state index in [0.29, 0.717) is 31.4 Å². The van der Waals surface area contributed by atoms with Gasteiger partial charge in [-0.15, -0.1) is 0 Å². The molecule has 1 aromatic heterocycles. The Balaban J connectivity index is 1.42. The van der Waals surface area contributed by atoms with Crippen LogP contribution in [-0.4, -0.2) is 22.3 Å². The fourth-order valence-corrected chi connectivity index (χ4v) is 3.08. The van der Waals surface area contributed by atoms with Crippen molar-refractivity contribution in [1.29, 1.82) is 0 Å². The van der Waals surface area contributed by atoms with Crippen LogP contribution in [0, 0.1) is 5.92 Å². The molecule has 6 heteroatoms. The minimum absolute atomic E-state index is 0.00223. The Morgan fingerprint density at radius 2 is 2.29 bits per heavy atom. The monoisotopic (exact) mass is 391 g/mol. The third-order valence-corrected chi connectivity index (χ3v) is 4.73. The van der Waals surface area contributed by atoms with Crippen molar-refractivity contribution < 1.29 is 9.53 Å². The molecule has 0 bridgehead atoms. The zero-order chi connectivity index (χ0) is 16.9. The van der Waals surface area contributed by atoms with Crippen LogP contribution in [0.4, 0.5) is 5.82 Å². The Hall–Kier alpha value is -1.82. The molecule has 0 saturated heterocycles. The van der Waals surface area contributed by atoms with Crippen LogP contribution in [-0.2, 0) is 4.79 Å². The Bertz CT molecular complexity index is 697. The first-order chi connectivity index (χ1) is 11.6. The summed E-state index contributed by atoms with van der Waals surface area (Å²) in [6, 6.07) is 9.89. The molecule has 1 aliphatic carbocycles. The largest absolute Gasteiger partial charge is 0.494 e. The van der Waals surface area contributed by atoms with Crippen molar-refractivity contribution in [2.45, 2.75) is 38.6 Å². The lowest BCUT2D eigenvalue weighted by Crippen LogP contribution is -2.18. The van der Waals surface area contributed by atoms with Gasteiger partial charge in [0.1, 0.15) is 11.6 Å². The highest BCUT2D eigenvalue weighted by atomic mass is 79.9. The normalized spacial score (nSPS) is 15.1. The lowest BCUT2D eigenvalue weighted by molar-refractivity contribution is -0.116. The molecule has 1 N–H and O–H groups in total. The summed E-state index contributed by atoms with van der Waals surface area (Å²) in [7, 11) is 0. The number of amides is 1. The Morgan fingerprint density at radius 1 is 1.46 bits per heavy atom. The summed E-state index contributed by atoms with van der Waals surface area (Å²) in [6.45, 7) is 2.67. The van der Waals surface area contributed by atoms with Crippen LogP contribution in [0.25, 0.3) is 0 Å². The molecule has 1 fully saturated rings. The number of hydrogen-bond acceptors (Lipinski definition) is 3. The molecule has 0 aliphatic heterocycles. The number of carbonyl (C=O) groups is 1. The van der Waals surface area contributed by atoms with Crippen molar-refractivity contribution in [3.63, 3.8) is 0 Å². The summed E-state index contributed by atoms with van der Waals surface area (Å²) >= 11 is 3.41. The van der Waals surface area contributed by atoms with Gasteiger partial charge in [-0.25, -0.2) is 4.68 Å². The minimum atomic E-state index is -0.00223. The van der Waals surface area contributed by atoms with Gasteiger partial charge in [0.15, 0.2) is 0 Å². The van der Waals surface area contributed by atoms with Gasteiger partial charge in [0.2, 0.25) is 5.91 Å². The molecule has 1 heterocycles. The highest BCUT2D eigenvalue weighted by molar-refractivity contribution is 9.10. The van der Waals surface area contributed by atoms with E-state index in [4.69, 9.17) is 4.74 Å². The minimum Gasteiger partial charge on any atom is -0.494 e. The van der Waals surface area contributed by atoms with Crippen molar-refractivity contribution in [2.24, 2.45) is 5.92 Å². The topological polar surface area (TPSA) is 56.2 Å². The number of nitrogens with zero attached hydrogens (tertiary/aromatic N) is 2. The second-order valence-corrected chi connectivity index (χ2v) is 7.11. The molecule has 1 amide bonds. The van der Waals surface area contributed by atoms with Crippen molar-refractivity contribution in [3.05, 3.63) is 41.0 Å². The molecule has 2 aromatic rings. The second kappa shape index (κ2) is 7.83. The highest BCUT2D eigenvalue weighted by Gasteiger charge is 2.30. The summed E-state index contributed by atoms with van der Waals surface area (Å²) in [5.74, 6) is 2.28. The molecule has 0 radical (unpaired) electrons. The highest BCUT2D eigenvalue weighted by Crippen LogP contribution is 2.40. The number of halogens is 1. The van der Waals surface area contributed by atoms with Gasteiger partial charge in [0, 0.05) is 17.0 Å². The Labute approximate surface area is 150 Å². The fourth-order valence-electron chi connectivity index (χ4n) is 2.70. The van der Waals surface area contributed by atoms with Crippen LogP contribution in [0.3, 0.4) is 0 Å². The molecular formula is C18H22BrN3O2. The van der Waals surface area contributed by atoms with Crippen LogP contribution < -0.4 is 10.1 Å². The number of rotatable bonds is 8. The van der Waals surface area contributed by atoms with E-state index in [0.717, 1.165) is 16.0 Å². The Morgan fingerprint density at radius 3 is 3.04 bits per heavy atom. The van der Waals surface area contributed by atoms with E-state index in [1.165, 1.54) is 12.8 Å². The summed E-state index contributed by atoms with van der Waals surface area (Å²) in [6.07, 6.45) is 5.34. The van der Waals surface area contributed by atoms with Crippen LogP contribution in [0.1, 0.15) is 38.6 Å². The molecule has 128 valence electrons. The van der Waals surface area contributed by atoms with E-state index in [-0.39, 0.29) is 5.91 Å². The first-order valence-electron chi connectivity index (χ1n) is 8.35. The summed E-state index contributed by atoms with van der Waals surface area (Å²) in [5.41, 5.74) is 0. The predicted molar refractivity (Wildman–Crippen MR) is 97.2 cm³/mol. The molecule has 5 nitrogen and oxygen atoms in total. The molecule has 1 unspecified atom stereocenters. The van der Waals surface area contributed by atoms with Crippen LogP contribution in [0.2, 0.25) is 0 Å². The predicted octanol–water partition coefficient (Wildman–Crippen LogP) is 4.41. The third-order valence-electron chi connectivity index (χ3n) is 4.24. The molecular weight excluding hydrogens is 370 g/mol. The zero-order valence-electron chi connectivity index (χ0n) is 13.7. The van der Waals surface area contributed by atoms with Gasteiger partial charge in [0.05, 0.1) is 18.8 Å². The Kier molecular flexibility index (Phi) is 5.56. The van der Waals surface area contributed by atoms with Crippen molar-refractivity contribution in [2.75, 3.05) is 11.9 Å². The number of benzene rings is 1. The van der Waals surface area contributed by atoms with Gasteiger partial charge >= 0.3 is 0 Å². The number of anilines is 1. The lowest BCUT2D eigenvalue weighted by atomic mass is 10.2. The summed E-state index contributed by atoms with van der Waals surface area (Å²) in [4.78, 5) is 12.1. The number of hydrogen-bond donors (Lipinski definition) is 1. The number of nitrogens with one attached hydrogen (secondary N) is 1. The second-order valence-electron chi connectivity index (χ2n) is 6.20. The smallest absolute Gasteiger partial charge is 0.225 e. The lowest BCUT2D eigenvalue weighted by Gasteiger charge is -2.15. The number of carbonyl (C=O) groups excluding carboxylic acids is 1. The summed E-state index contributed by atoms with van der Waals surface area (Å²) < 4.78 is 8.55. The maximum absolute atomic E-state index is 12.1. The van der Waals surface area contributed by atoms with Gasteiger partial charge in [-0.1, -0.05) is 22.0 Å². The van der Waals surface area contributed by atoms with Crippen molar-refractivity contribution in [1.82, 2.24) is 9.78 Å². The van der Waals surface area contributed by atoms with E-state index in [1.54, 1.807) is 6.20 Å². The van der Waals surface area contributed by atoms with E-state index in [2.05, 4.69) is 33.3 Å². The van der Waals surface area contributed by atoms with Crippen molar-refractivity contribution in [3.8, 4) is 5.75 Å². The maximum Gasteiger partial charge on any atom is 0.225 e. The molecule has 0 spiro atoms. The molecule has 3 rings (SSSR count). The molecule has 24 heavy (non-hydrogen) atoms. The standard InChI is InChI=1S/C18H22BrN3O2/c1-13(14-7-8-14)22-17(9-10-20-22)21-18(23)6-3-11-24-16-5-2-4-15(19)12-16/h2,4-5,9-10,12-14H,3,6-8,11H2,1H3,(H,21,23). The van der Waals surface area contributed by atoms with E-state index < -0.39 is 0 Å². The molecule has 1 aliphatic rings.